The fourth-order valence-electron chi connectivity index (χ4n) is 2.31. The average molecular weight is 355 g/mol. The molecule has 25 heavy (non-hydrogen) atoms. The van der Waals surface area contributed by atoms with Crippen molar-refractivity contribution in [1.82, 2.24) is 9.55 Å². The summed E-state index contributed by atoms with van der Waals surface area (Å²) in [5.74, 6) is -0.567. The van der Waals surface area contributed by atoms with Gasteiger partial charge < -0.3 is 9.30 Å². The molecule has 0 aliphatic heterocycles. The molecule has 0 saturated heterocycles. The second-order valence-corrected chi connectivity index (χ2v) is 6.46. The van der Waals surface area contributed by atoms with E-state index in [0.717, 1.165) is 10.6 Å². The van der Waals surface area contributed by atoms with Gasteiger partial charge in [0.15, 0.2) is 5.13 Å². The Bertz CT molecular complexity index is 883. The molecule has 0 atom stereocenters. The largest absolute Gasteiger partial charge is 0.469 e. The molecular weight excluding hydrogens is 338 g/mol. The SMILES string of the molecule is COC(=O)Cc1sc(NC(=O)c2ccc(-n3cccc3)cc2)nc1C. The van der Waals surface area contributed by atoms with Crippen LogP contribution in [0.4, 0.5) is 5.13 Å². The van der Waals surface area contributed by atoms with E-state index in [1.807, 2.05) is 41.2 Å². The monoisotopic (exact) mass is 355 g/mol. The van der Waals surface area contributed by atoms with E-state index in [1.165, 1.54) is 18.4 Å². The van der Waals surface area contributed by atoms with Crippen LogP contribution in [0.3, 0.4) is 0 Å². The zero-order valence-corrected chi connectivity index (χ0v) is 14.7. The quantitative estimate of drug-likeness (QED) is 0.713. The molecule has 0 radical (unpaired) electrons. The zero-order valence-electron chi connectivity index (χ0n) is 13.9. The van der Waals surface area contributed by atoms with Crippen LogP contribution >= 0.6 is 11.3 Å². The van der Waals surface area contributed by atoms with Crippen LogP contribution in [0.2, 0.25) is 0 Å². The van der Waals surface area contributed by atoms with Crippen molar-refractivity contribution >= 4 is 28.3 Å². The lowest BCUT2D eigenvalue weighted by molar-refractivity contribution is -0.139. The molecule has 1 N–H and O–H groups in total. The number of rotatable bonds is 5. The lowest BCUT2D eigenvalue weighted by Crippen LogP contribution is -2.11. The number of aryl methyl sites for hydroxylation is 1. The van der Waals surface area contributed by atoms with Crippen LogP contribution in [-0.4, -0.2) is 28.5 Å². The van der Waals surface area contributed by atoms with Gasteiger partial charge in [-0.2, -0.15) is 0 Å². The number of amides is 1. The summed E-state index contributed by atoms with van der Waals surface area (Å²) in [5.41, 5.74) is 2.24. The number of benzene rings is 1. The van der Waals surface area contributed by atoms with E-state index in [0.29, 0.717) is 16.4 Å². The summed E-state index contributed by atoms with van der Waals surface area (Å²) in [6.45, 7) is 1.80. The highest BCUT2D eigenvalue weighted by Crippen LogP contribution is 2.24. The van der Waals surface area contributed by atoms with Crippen molar-refractivity contribution < 1.29 is 14.3 Å². The van der Waals surface area contributed by atoms with E-state index in [-0.39, 0.29) is 18.3 Å². The highest BCUT2D eigenvalue weighted by Gasteiger charge is 2.14. The number of carbonyl (C=O) groups is 2. The van der Waals surface area contributed by atoms with Crippen LogP contribution in [0.25, 0.3) is 5.69 Å². The Kier molecular flexibility index (Phi) is 4.95. The number of thiazole rings is 1. The number of hydrogen-bond acceptors (Lipinski definition) is 5. The van der Waals surface area contributed by atoms with Gasteiger partial charge in [0.2, 0.25) is 0 Å². The van der Waals surface area contributed by atoms with Crippen LogP contribution in [0.5, 0.6) is 0 Å². The molecule has 3 rings (SSSR count). The predicted octanol–water partition coefficient (Wildman–Crippen LogP) is 3.21. The van der Waals surface area contributed by atoms with Gasteiger partial charge in [0.05, 0.1) is 19.2 Å². The van der Waals surface area contributed by atoms with Crippen molar-refractivity contribution in [2.24, 2.45) is 0 Å². The Hall–Kier alpha value is -2.93. The molecule has 7 heteroatoms. The molecule has 0 fully saturated rings. The summed E-state index contributed by atoms with van der Waals surface area (Å²) in [6, 6.07) is 11.2. The number of carbonyl (C=O) groups excluding carboxylic acids is 2. The van der Waals surface area contributed by atoms with E-state index < -0.39 is 0 Å². The van der Waals surface area contributed by atoms with E-state index in [9.17, 15) is 9.59 Å². The van der Waals surface area contributed by atoms with Crippen molar-refractivity contribution in [1.29, 1.82) is 0 Å². The Labute approximate surface area is 149 Å². The molecule has 6 nitrogen and oxygen atoms in total. The standard InChI is InChI=1S/C18H17N3O3S/c1-12-15(11-16(22)24-2)25-18(19-12)20-17(23)13-5-7-14(8-6-13)21-9-3-4-10-21/h3-10H,11H2,1-2H3,(H,19,20,23). The average Bonchev–Trinajstić information content (AvgIpc) is 3.25. The number of esters is 1. The van der Waals surface area contributed by atoms with Gasteiger partial charge in [0.25, 0.3) is 5.91 Å². The summed E-state index contributed by atoms with van der Waals surface area (Å²) >= 11 is 1.28. The molecule has 1 amide bonds. The molecule has 2 heterocycles. The van der Waals surface area contributed by atoms with Crippen LogP contribution < -0.4 is 5.32 Å². The molecule has 0 saturated carbocycles. The number of methoxy groups -OCH3 is 1. The summed E-state index contributed by atoms with van der Waals surface area (Å²) in [4.78, 5) is 28.8. The first-order valence-corrected chi connectivity index (χ1v) is 8.46. The first-order valence-electron chi connectivity index (χ1n) is 7.64. The highest BCUT2D eigenvalue weighted by atomic mass is 32.1. The molecule has 0 aliphatic rings. The van der Waals surface area contributed by atoms with E-state index >= 15 is 0 Å². The van der Waals surface area contributed by atoms with Crippen LogP contribution in [0.1, 0.15) is 20.9 Å². The van der Waals surface area contributed by atoms with Crippen molar-refractivity contribution in [3.8, 4) is 5.69 Å². The molecule has 0 bridgehead atoms. The molecule has 3 aromatic rings. The van der Waals surface area contributed by atoms with Gasteiger partial charge in [0.1, 0.15) is 0 Å². The van der Waals surface area contributed by atoms with Crippen LogP contribution in [-0.2, 0) is 16.0 Å². The fraction of sp³-hybridized carbons (Fsp3) is 0.167. The van der Waals surface area contributed by atoms with Gasteiger partial charge in [-0.05, 0) is 43.3 Å². The highest BCUT2D eigenvalue weighted by molar-refractivity contribution is 7.16. The maximum Gasteiger partial charge on any atom is 0.310 e. The number of nitrogens with zero attached hydrogens (tertiary/aromatic N) is 2. The molecule has 2 aromatic heterocycles. The lowest BCUT2D eigenvalue weighted by atomic mass is 10.2. The number of anilines is 1. The fourth-order valence-corrected chi connectivity index (χ4v) is 3.25. The maximum atomic E-state index is 12.4. The van der Waals surface area contributed by atoms with Crippen molar-refractivity contribution in [3.05, 3.63) is 64.9 Å². The van der Waals surface area contributed by atoms with Crippen molar-refractivity contribution in [2.75, 3.05) is 12.4 Å². The third kappa shape index (κ3) is 3.95. The number of hydrogen-bond donors (Lipinski definition) is 1. The van der Waals surface area contributed by atoms with Crippen LogP contribution in [0.15, 0.2) is 48.8 Å². The van der Waals surface area contributed by atoms with Gasteiger partial charge in [-0.15, -0.1) is 11.3 Å². The Morgan fingerprint density at radius 1 is 1.20 bits per heavy atom. The molecular formula is C18H17N3O3S. The van der Waals surface area contributed by atoms with Gasteiger partial charge in [0, 0.05) is 28.5 Å². The molecule has 0 unspecified atom stereocenters. The molecule has 1 aromatic carbocycles. The Morgan fingerprint density at radius 2 is 1.88 bits per heavy atom. The number of aromatic nitrogens is 2. The molecule has 0 spiro atoms. The van der Waals surface area contributed by atoms with Gasteiger partial charge in [-0.1, -0.05) is 0 Å². The second kappa shape index (κ2) is 7.31. The first kappa shape index (κ1) is 16.9. The van der Waals surface area contributed by atoms with E-state index in [2.05, 4.69) is 15.0 Å². The number of ether oxygens (including phenoxy) is 1. The smallest absolute Gasteiger partial charge is 0.310 e. The minimum Gasteiger partial charge on any atom is -0.469 e. The molecule has 128 valence electrons. The predicted molar refractivity (Wildman–Crippen MR) is 96.3 cm³/mol. The second-order valence-electron chi connectivity index (χ2n) is 5.37. The maximum absolute atomic E-state index is 12.4. The van der Waals surface area contributed by atoms with Gasteiger partial charge in [-0.3, -0.25) is 14.9 Å². The van der Waals surface area contributed by atoms with Gasteiger partial charge in [-0.25, -0.2) is 4.98 Å². The summed E-state index contributed by atoms with van der Waals surface area (Å²) < 4.78 is 6.62. The van der Waals surface area contributed by atoms with E-state index in [1.54, 1.807) is 19.1 Å². The lowest BCUT2D eigenvalue weighted by Gasteiger charge is -2.05. The molecule has 0 aliphatic carbocycles. The normalized spacial score (nSPS) is 10.5. The first-order chi connectivity index (χ1) is 12.1. The number of nitrogens with one attached hydrogen (secondary N) is 1. The third-order valence-corrected chi connectivity index (χ3v) is 4.75. The Morgan fingerprint density at radius 3 is 2.52 bits per heavy atom. The third-order valence-electron chi connectivity index (χ3n) is 3.68. The summed E-state index contributed by atoms with van der Waals surface area (Å²) in [5, 5.41) is 3.24. The van der Waals surface area contributed by atoms with Crippen molar-refractivity contribution in [2.45, 2.75) is 13.3 Å². The van der Waals surface area contributed by atoms with Crippen LogP contribution in [0, 0.1) is 6.92 Å². The zero-order chi connectivity index (χ0) is 17.8. The minimum atomic E-state index is -0.328. The topological polar surface area (TPSA) is 73.2 Å². The van der Waals surface area contributed by atoms with Crippen molar-refractivity contribution in [3.63, 3.8) is 0 Å². The van der Waals surface area contributed by atoms with E-state index in [4.69, 9.17) is 0 Å². The minimum absolute atomic E-state index is 0.154. The summed E-state index contributed by atoms with van der Waals surface area (Å²) in [7, 11) is 1.35. The summed E-state index contributed by atoms with van der Waals surface area (Å²) in [6.07, 6.45) is 4.04. The Balaban J connectivity index is 1.70. The van der Waals surface area contributed by atoms with Gasteiger partial charge >= 0.3 is 5.97 Å².